The third-order valence-corrected chi connectivity index (χ3v) is 5.77. The number of nitrogens with zero attached hydrogens (tertiary/aromatic N) is 1. The Labute approximate surface area is 155 Å². The molecule has 26 heavy (non-hydrogen) atoms. The van der Waals surface area contributed by atoms with Gasteiger partial charge in [-0.15, -0.1) is 0 Å². The topological polar surface area (TPSA) is 92.5 Å². The van der Waals surface area contributed by atoms with Gasteiger partial charge in [-0.3, -0.25) is 4.79 Å². The summed E-state index contributed by atoms with van der Waals surface area (Å²) in [7, 11) is -3.66. The van der Waals surface area contributed by atoms with Gasteiger partial charge < -0.3 is 11.1 Å². The summed E-state index contributed by atoms with van der Waals surface area (Å²) < 4.78 is 27.5. The zero-order chi connectivity index (χ0) is 19.0. The molecule has 0 bridgehead atoms. The van der Waals surface area contributed by atoms with E-state index in [-0.39, 0.29) is 17.3 Å². The van der Waals surface area contributed by atoms with Gasteiger partial charge in [-0.1, -0.05) is 37.3 Å². The minimum absolute atomic E-state index is 0.116. The van der Waals surface area contributed by atoms with Crippen LogP contribution in [0.25, 0.3) is 0 Å². The average molecular weight is 375 g/mol. The van der Waals surface area contributed by atoms with Crippen LogP contribution in [0.2, 0.25) is 0 Å². The Kier molecular flexibility index (Phi) is 7.32. The SMILES string of the molecule is CCC(=O)Nc1ccc(S(=O)(=O)N(CCCN)Cc2ccccc2)cc1. The number of carbonyl (C=O) groups excluding carboxylic acids is 1. The highest BCUT2D eigenvalue weighted by atomic mass is 32.2. The minimum Gasteiger partial charge on any atom is -0.330 e. The normalized spacial score (nSPS) is 11.5. The number of amides is 1. The molecule has 2 aromatic rings. The van der Waals surface area contributed by atoms with Crippen LogP contribution in [0, 0.1) is 0 Å². The number of nitrogens with one attached hydrogen (secondary N) is 1. The highest BCUT2D eigenvalue weighted by Gasteiger charge is 2.24. The fourth-order valence-corrected chi connectivity index (χ4v) is 3.91. The first kappa shape index (κ1) is 20.1. The lowest BCUT2D eigenvalue weighted by Crippen LogP contribution is -2.32. The van der Waals surface area contributed by atoms with Crippen molar-refractivity contribution in [3.8, 4) is 0 Å². The van der Waals surface area contributed by atoms with E-state index >= 15 is 0 Å². The second-order valence-corrected chi connectivity index (χ2v) is 7.83. The van der Waals surface area contributed by atoms with Gasteiger partial charge in [-0.25, -0.2) is 8.42 Å². The number of nitrogens with two attached hydrogens (primary N) is 1. The number of hydrogen-bond acceptors (Lipinski definition) is 4. The molecule has 6 nitrogen and oxygen atoms in total. The smallest absolute Gasteiger partial charge is 0.243 e. The van der Waals surface area contributed by atoms with Gasteiger partial charge >= 0.3 is 0 Å². The number of anilines is 1. The van der Waals surface area contributed by atoms with E-state index in [0.717, 1.165) is 5.56 Å². The lowest BCUT2D eigenvalue weighted by Gasteiger charge is -2.22. The molecule has 1 amide bonds. The maximum atomic E-state index is 13.0. The molecule has 0 spiro atoms. The summed E-state index contributed by atoms with van der Waals surface area (Å²) in [4.78, 5) is 11.6. The summed E-state index contributed by atoms with van der Waals surface area (Å²) in [6, 6.07) is 15.7. The highest BCUT2D eigenvalue weighted by Crippen LogP contribution is 2.21. The Morgan fingerprint density at radius 3 is 2.31 bits per heavy atom. The van der Waals surface area contributed by atoms with Crippen LogP contribution >= 0.6 is 0 Å². The minimum atomic E-state index is -3.66. The third kappa shape index (κ3) is 5.39. The molecule has 0 aliphatic heterocycles. The molecule has 0 aliphatic rings. The van der Waals surface area contributed by atoms with Crippen molar-refractivity contribution >= 4 is 21.6 Å². The van der Waals surface area contributed by atoms with Crippen molar-refractivity contribution in [2.75, 3.05) is 18.4 Å². The molecule has 0 atom stereocenters. The Balaban J connectivity index is 2.23. The summed E-state index contributed by atoms with van der Waals surface area (Å²) in [5, 5.41) is 2.71. The van der Waals surface area contributed by atoms with E-state index < -0.39 is 10.0 Å². The second-order valence-electron chi connectivity index (χ2n) is 5.89. The summed E-state index contributed by atoms with van der Waals surface area (Å²) >= 11 is 0. The first-order chi connectivity index (χ1) is 12.5. The van der Waals surface area contributed by atoms with Gasteiger partial charge in [0.05, 0.1) is 4.90 Å². The lowest BCUT2D eigenvalue weighted by molar-refractivity contribution is -0.115. The maximum absolute atomic E-state index is 13.0. The van der Waals surface area contributed by atoms with Crippen LogP contribution in [0.15, 0.2) is 59.5 Å². The number of hydrogen-bond donors (Lipinski definition) is 2. The van der Waals surface area contributed by atoms with E-state index in [0.29, 0.717) is 31.6 Å². The molecule has 0 saturated heterocycles. The van der Waals surface area contributed by atoms with Crippen molar-refractivity contribution in [2.24, 2.45) is 5.73 Å². The Bertz CT molecular complexity index is 806. The predicted molar refractivity (Wildman–Crippen MR) is 103 cm³/mol. The standard InChI is InChI=1S/C19H25N3O3S/c1-2-19(23)21-17-9-11-18(12-10-17)26(24,25)22(14-6-13-20)15-16-7-4-3-5-8-16/h3-5,7-12H,2,6,13-15,20H2,1H3,(H,21,23). The van der Waals surface area contributed by atoms with Crippen LogP contribution < -0.4 is 11.1 Å². The number of carbonyl (C=O) groups is 1. The first-order valence-electron chi connectivity index (χ1n) is 8.61. The predicted octanol–water partition coefficient (Wildman–Crippen LogP) is 2.57. The summed E-state index contributed by atoms with van der Waals surface area (Å²) in [6.45, 7) is 2.81. The van der Waals surface area contributed by atoms with Crippen molar-refractivity contribution in [2.45, 2.75) is 31.2 Å². The van der Waals surface area contributed by atoms with E-state index in [1.54, 1.807) is 19.1 Å². The zero-order valence-electron chi connectivity index (χ0n) is 14.9. The van der Waals surface area contributed by atoms with Crippen LogP contribution in [0.1, 0.15) is 25.3 Å². The van der Waals surface area contributed by atoms with E-state index in [4.69, 9.17) is 5.73 Å². The monoisotopic (exact) mass is 375 g/mol. The van der Waals surface area contributed by atoms with Crippen molar-refractivity contribution in [3.63, 3.8) is 0 Å². The highest BCUT2D eigenvalue weighted by molar-refractivity contribution is 7.89. The molecule has 3 N–H and O–H groups in total. The van der Waals surface area contributed by atoms with Crippen molar-refractivity contribution in [3.05, 3.63) is 60.2 Å². The summed E-state index contributed by atoms with van der Waals surface area (Å²) in [5.74, 6) is -0.116. The molecule has 140 valence electrons. The number of sulfonamides is 1. The third-order valence-electron chi connectivity index (χ3n) is 3.91. The van der Waals surface area contributed by atoms with Gasteiger partial charge in [0.1, 0.15) is 0 Å². The Morgan fingerprint density at radius 1 is 1.08 bits per heavy atom. The molecule has 0 fully saturated rings. The van der Waals surface area contributed by atoms with Gasteiger partial charge in [-0.05, 0) is 42.8 Å². The molecule has 0 unspecified atom stereocenters. The van der Waals surface area contributed by atoms with Gasteiger partial charge in [0.15, 0.2) is 0 Å². The van der Waals surface area contributed by atoms with E-state index in [2.05, 4.69) is 5.32 Å². The average Bonchev–Trinajstić information content (AvgIpc) is 2.66. The molecular formula is C19H25N3O3S. The van der Waals surface area contributed by atoms with Gasteiger partial charge in [0, 0.05) is 25.2 Å². The van der Waals surface area contributed by atoms with Gasteiger partial charge in [0.2, 0.25) is 15.9 Å². The molecule has 0 heterocycles. The van der Waals surface area contributed by atoms with Crippen molar-refractivity contribution < 1.29 is 13.2 Å². The number of benzene rings is 2. The molecule has 0 aliphatic carbocycles. The molecule has 0 radical (unpaired) electrons. The molecule has 7 heteroatoms. The van der Waals surface area contributed by atoms with Crippen LogP contribution in [-0.4, -0.2) is 31.7 Å². The van der Waals surface area contributed by atoms with E-state index in [1.807, 2.05) is 30.3 Å². The van der Waals surface area contributed by atoms with Crippen molar-refractivity contribution in [1.82, 2.24) is 4.31 Å². The zero-order valence-corrected chi connectivity index (χ0v) is 15.7. The summed E-state index contributed by atoms with van der Waals surface area (Å²) in [6.07, 6.45) is 0.945. The fraction of sp³-hybridized carbons (Fsp3) is 0.316. The summed E-state index contributed by atoms with van der Waals surface area (Å²) in [5.41, 5.74) is 7.06. The lowest BCUT2D eigenvalue weighted by atomic mass is 10.2. The van der Waals surface area contributed by atoms with E-state index in [1.165, 1.54) is 16.4 Å². The fourth-order valence-electron chi connectivity index (χ4n) is 2.45. The van der Waals surface area contributed by atoms with Gasteiger partial charge in [-0.2, -0.15) is 4.31 Å². The maximum Gasteiger partial charge on any atom is 0.243 e. The second kappa shape index (κ2) is 9.47. The van der Waals surface area contributed by atoms with Crippen molar-refractivity contribution in [1.29, 1.82) is 0 Å². The molecule has 2 aromatic carbocycles. The largest absolute Gasteiger partial charge is 0.330 e. The van der Waals surface area contributed by atoms with Crippen LogP contribution in [0.5, 0.6) is 0 Å². The Morgan fingerprint density at radius 2 is 1.73 bits per heavy atom. The molecular weight excluding hydrogens is 350 g/mol. The van der Waals surface area contributed by atoms with Crippen LogP contribution in [0.4, 0.5) is 5.69 Å². The van der Waals surface area contributed by atoms with E-state index in [9.17, 15) is 13.2 Å². The quantitative estimate of drug-likeness (QED) is 0.704. The van der Waals surface area contributed by atoms with Crippen LogP contribution in [-0.2, 0) is 21.4 Å². The number of rotatable bonds is 9. The Hall–Kier alpha value is -2.22. The molecule has 0 aromatic heterocycles. The van der Waals surface area contributed by atoms with Crippen LogP contribution in [0.3, 0.4) is 0 Å². The van der Waals surface area contributed by atoms with Gasteiger partial charge in [0.25, 0.3) is 0 Å². The molecule has 2 rings (SSSR count). The molecule has 0 saturated carbocycles. The first-order valence-corrected chi connectivity index (χ1v) is 10.1.